The van der Waals surface area contributed by atoms with Crippen molar-refractivity contribution in [2.75, 3.05) is 33.3 Å². The van der Waals surface area contributed by atoms with Crippen LogP contribution in [0.15, 0.2) is 53.1 Å². The van der Waals surface area contributed by atoms with Crippen LogP contribution in [-0.4, -0.2) is 54.2 Å². The fourth-order valence-electron chi connectivity index (χ4n) is 3.47. The highest BCUT2D eigenvalue weighted by Crippen LogP contribution is 2.19. The lowest BCUT2D eigenvalue weighted by atomic mass is 10.1. The highest BCUT2D eigenvalue weighted by Gasteiger charge is 2.23. The zero-order valence-corrected chi connectivity index (χ0v) is 15.4. The molecule has 140 valence electrons. The summed E-state index contributed by atoms with van der Waals surface area (Å²) in [5.74, 6) is 0.979. The predicted molar refractivity (Wildman–Crippen MR) is 103 cm³/mol. The van der Waals surface area contributed by atoms with E-state index < -0.39 is 0 Å². The number of methoxy groups -OCH3 is 1. The highest BCUT2D eigenvalue weighted by molar-refractivity contribution is 5.86. The average molecular weight is 365 g/mol. The maximum atomic E-state index is 12.7. The number of amides is 1. The van der Waals surface area contributed by atoms with Crippen LogP contribution in [-0.2, 0) is 17.8 Å². The Balaban J connectivity index is 1.31. The third kappa shape index (κ3) is 3.95. The maximum absolute atomic E-state index is 12.7. The summed E-state index contributed by atoms with van der Waals surface area (Å²) in [5.41, 5.74) is 2.70. The van der Waals surface area contributed by atoms with Gasteiger partial charge in [0, 0.05) is 38.1 Å². The Kier molecular flexibility index (Phi) is 5.07. The summed E-state index contributed by atoms with van der Waals surface area (Å²) in [4.78, 5) is 17.0. The van der Waals surface area contributed by atoms with Crippen LogP contribution in [0.25, 0.3) is 11.0 Å². The molecule has 2 heterocycles. The summed E-state index contributed by atoms with van der Waals surface area (Å²) in [6.45, 7) is 4.12. The minimum atomic E-state index is 0.109. The summed E-state index contributed by atoms with van der Waals surface area (Å²) >= 11 is 0. The molecule has 0 atom stereocenters. The van der Waals surface area contributed by atoms with Gasteiger partial charge in [0.15, 0.2) is 5.58 Å². The Bertz CT molecular complexity index is 912. The molecule has 0 bridgehead atoms. The van der Waals surface area contributed by atoms with Crippen LogP contribution in [0.5, 0.6) is 5.75 Å². The van der Waals surface area contributed by atoms with Gasteiger partial charge in [-0.05, 0) is 29.8 Å². The Morgan fingerprint density at radius 3 is 2.56 bits per heavy atom. The Morgan fingerprint density at radius 1 is 1.07 bits per heavy atom. The number of benzene rings is 2. The van der Waals surface area contributed by atoms with E-state index in [9.17, 15) is 4.79 Å². The van der Waals surface area contributed by atoms with Crippen molar-refractivity contribution in [3.63, 3.8) is 0 Å². The Labute approximate surface area is 158 Å². The van der Waals surface area contributed by atoms with Crippen molar-refractivity contribution in [1.29, 1.82) is 0 Å². The van der Waals surface area contributed by atoms with Crippen LogP contribution in [0, 0.1) is 0 Å². The molecule has 1 aliphatic rings. The number of hydrogen-bond acceptors (Lipinski definition) is 5. The van der Waals surface area contributed by atoms with Crippen LogP contribution < -0.4 is 4.74 Å². The molecule has 1 fully saturated rings. The number of nitrogens with zero attached hydrogens (tertiary/aromatic N) is 3. The van der Waals surface area contributed by atoms with Gasteiger partial charge in [0.25, 0.3) is 0 Å². The first-order chi connectivity index (χ1) is 13.2. The van der Waals surface area contributed by atoms with E-state index in [4.69, 9.17) is 9.26 Å². The van der Waals surface area contributed by atoms with E-state index in [1.807, 2.05) is 41.3 Å². The molecule has 6 heteroatoms. The van der Waals surface area contributed by atoms with Crippen LogP contribution in [0.3, 0.4) is 0 Å². The fourth-order valence-corrected chi connectivity index (χ4v) is 3.47. The lowest BCUT2D eigenvalue weighted by Crippen LogP contribution is -2.48. The number of carbonyl (C=O) groups excluding carboxylic acids is 1. The van der Waals surface area contributed by atoms with Gasteiger partial charge in [0.05, 0.1) is 13.5 Å². The van der Waals surface area contributed by atoms with Crippen molar-refractivity contribution in [1.82, 2.24) is 15.0 Å². The third-order valence-corrected chi connectivity index (χ3v) is 5.06. The second kappa shape index (κ2) is 7.80. The van der Waals surface area contributed by atoms with E-state index >= 15 is 0 Å². The van der Waals surface area contributed by atoms with E-state index in [2.05, 4.69) is 22.2 Å². The SMILES string of the molecule is COc1ccc(CN2CCN(C(=O)Cc3noc4ccccc34)CC2)cc1. The predicted octanol–water partition coefficient (Wildman–Crippen LogP) is 2.72. The topological polar surface area (TPSA) is 58.8 Å². The number of aromatic nitrogens is 1. The van der Waals surface area contributed by atoms with Crippen LogP contribution >= 0.6 is 0 Å². The molecule has 0 saturated carbocycles. The summed E-state index contributed by atoms with van der Waals surface area (Å²) < 4.78 is 10.5. The van der Waals surface area contributed by atoms with Crippen molar-refractivity contribution >= 4 is 16.9 Å². The molecule has 0 radical (unpaired) electrons. The Morgan fingerprint density at radius 2 is 1.81 bits per heavy atom. The van der Waals surface area contributed by atoms with Crippen LogP contribution in [0.4, 0.5) is 0 Å². The number of rotatable bonds is 5. The standard InChI is InChI=1S/C21H23N3O3/c1-26-17-8-6-16(7-9-17)15-23-10-12-24(13-11-23)21(25)14-19-18-4-2-3-5-20(18)27-22-19/h2-9H,10-15H2,1H3. The molecule has 6 nitrogen and oxygen atoms in total. The summed E-state index contributed by atoms with van der Waals surface area (Å²) in [5, 5.41) is 4.99. The lowest BCUT2D eigenvalue weighted by molar-refractivity contribution is -0.132. The molecule has 1 amide bonds. The van der Waals surface area contributed by atoms with Gasteiger partial charge >= 0.3 is 0 Å². The highest BCUT2D eigenvalue weighted by atomic mass is 16.5. The average Bonchev–Trinajstić information content (AvgIpc) is 3.12. The van der Waals surface area contributed by atoms with Crippen molar-refractivity contribution in [3.8, 4) is 5.75 Å². The molecule has 27 heavy (non-hydrogen) atoms. The minimum absolute atomic E-state index is 0.109. The molecular weight excluding hydrogens is 342 g/mol. The van der Waals surface area contributed by atoms with Crippen molar-refractivity contribution in [2.24, 2.45) is 0 Å². The van der Waals surface area contributed by atoms with Crippen molar-refractivity contribution < 1.29 is 14.1 Å². The monoisotopic (exact) mass is 365 g/mol. The molecule has 1 aliphatic heterocycles. The molecule has 3 aromatic rings. The second-order valence-electron chi connectivity index (χ2n) is 6.81. The van der Waals surface area contributed by atoms with E-state index in [1.54, 1.807) is 7.11 Å². The number of piperazine rings is 1. The minimum Gasteiger partial charge on any atom is -0.497 e. The van der Waals surface area contributed by atoms with Gasteiger partial charge in [0.1, 0.15) is 11.4 Å². The molecule has 1 saturated heterocycles. The first kappa shape index (κ1) is 17.5. The number of ether oxygens (including phenoxy) is 1. The van der Waals surface area contributed by atoms with Gasteiger partial charge < -0.3 is 14.2 Å². The normalized spacial score (nSPS) is 15.2. The number of fused-ring (bicyclic) bond motifs is 1. The van der Waals surface area contributed by atoms with Crippen molar-refractivity contribution in [2.45, 2.75) is 13.0 Å². The van der Waals surface area contributed by atoms with Gasteiger partial charge in [-0.1, -0.05) is 29.4 Å². The zero-order valence-electron chi connectivity index (χ0n) is 15.4. The third-order valence-electron chi connectivity index (χ3n) is 5.06. The van der Waals surface area contributed by atoms with Crippen LogP contribution in [0.2, 0.25) is 0 Å². The number of para-hydroxylation sites is 1. The van der Waals surface area contributed by atoms with E-state index in [1.165, 1.54) is 5.56 Å². The molecule has 2 aromatic carbocycles. The molecule has 0 spiro atoms. The Hall–Kier alpha value is -2.86. The lowest BCUT2D eigenvalue weighted by Gasteiger charge is -2.34. The summed E-state index contributed by atoms with van der Waals surface area (Å²) in [6.07, 6.45) is 0.287. The van der Waals surface area contributed by atoms with Gasteiger partial charge in [-0.25, -0.2) is 0 Å². The first-order valence-electron chi connectivity index (χ1n) is 9.19. The quantitative estimate of drug-likeness (QED) is 0.696. The maximum Gasteiger partial charge on any atom is 0.228 e. The zero-order chi connectivity index (χ0) is 18.6. The molecule has 4 rings (SSSR count). The summed E-state index contributed by atoms with van der Waals surface area (Å²) in [6, 6.07) is 15.8. The smallest absolute Gasteiger partial charge is 0.228 e. The number of hydrogen-bond donors (Lipinski definition) is 0. The second-order valence-corrected chi connectivity index (χ2v) is 6.81. The van der Waals surface area contributed by atoms with Crippen molar-refractivity contribution in [3.05, 3.63) is 59.8 Å². The largest absolute Gasteiger partial charge is 0.497 e. The molecular formula is C21H23N3O3. The molecule has 0 unspecified atom stereocenters. The van der Waals surface area contributed by atoms with Gasteiger partial charge in [-0.3, -0.25) is 9.69 Å². The van der Waals surface area contributed by atoms with Gasteiger partial charge in [0.2, 0.25) is 5.91 Å². The molecule has 1 aromatic heterocycles. The van der Waals surface area contributed by atoms with Gasteiger partial charge in [-0.2, -0.15) is 0 Å². The van der Waals surface area contributed by atoms with E-state index in [0.717, 1.165) is 55.1 Å². The summed E-state index contributed by atoms with van der Waals surface area (Å²) in [7, 11) is 1.67. The van der Waals surface area contributed by atoms with E-state index in [-0.39, 0.29) is 12.3 Å². The number of carbonyl (C=O) groups is 1. The molecule has 0 N–H and O–H groups in total. The van der Waals surface area contributed by atoms with Crippen LogP contribution in [0.1, 0.15) is 11.3 Å². The first-order valence-corrected chi connectivity index (χ1v) is 9.19. The van der Waals surface area contributed by atoms with E-state index in [0.29, 0.717) is 0 Å². The molecule has 0 aliphatic carbocycles. The fraction of sp³-hybridized carbons (Fsp3) is 0.333. The van der Waals surface area contributed by atoms with Gasteiger partial charge in [-0.15, -0.1) is 0 Å².